The number of esters is 1. The Morgan fingerprint density at radius 3 is 2.45 bits per heavy atom. The largest absolute Gasteiger partial charge is 0.508 e. The molecule has 1 aliphatic rings. The van der Waals surface area contributed by atoms with Gasteiger partial charge in [-0.15, -0.1) is 0 Å². The molecule has 0 radical (unpaired) electrons. The van der Waals surface area contributed by atoms with Crippen molar-refractivity contribution in [2.45, 2.75) is 52.7 Å². The van der Waals surface area contributed by atoms with Gasteiger partial charge >= 0.3 is 12.1 Å². The molecule has 6 nitrogen and oxygen atoms in total. The maximum absolute atomic E-state index is 11.6. The molecular weight excluding hydrogens is 288 g/mol. The molecule has 128 valence electrons. The minimum Gasteiger partial charge on any atom is -0.469 e. The van der Waals surface area contributed by atoms with E-state index in [-0.39, 0.29) is 42.5 Å². The summed E-state index contributed by atoms with van der Waals surface area (Å²) in [5.74, 6) is -0.0786. The Morgan fingerprint density at radius 2 is 1.86 bits per heavy atom. The van der Waals surface area contributed by atoms with E-state index in [9.17, 15) is 9.59 Å². The first kappa shape index (κ1) is 18.7. The van der Waals surface area contributed by atoms with Crippen molar-refractivity contribution in [1.82, 2.24) is 0 Å². The van der Waals surface area contributed by atoms with Crippen LogP contribution in [0.25, 0.3) is 0 Å². The van der Waals surface area contributed by atoms with E-state index in [1.54, 1.807) is 6.92 Å². The first-order valence-corrected chi connectivity index (χ1v) is 7.88. The lowest BCUT2D eigenvalue weighted by molar-refractivity contribution is -0.162. The van der Waals surface area contributed by atoms with Gasteiger partial charge in [-0.05, 0) is 31.6 Å². The molecule has 4 atom stereocenters. The van der Waals surface area contributed by atoms with Crippen molar-refractivity contribution in [2.75, 3.05) is 20.3 Å². The van der Waals surface area contributed by atoms with Crippen LogP contribution in [-0.4, -0.2) is 44.7 Å². The average Bonchev–Trinajstić information content (AvgIpc) is 2.50. The highest BCUT2D eigenvalue weighted by molar-refractivity contribution is 5.72. The number of carbonyl (C=O) groups is 2. The van der Waals surface area contributed by atoms with Crippen LogP contribution in [0.15, 0.2) is 0 Å². The van der Waals surface area contributed by atoms with E-state index >= 15 is 0 Å². The number of carbonyl (C=O) groups excluding carboxylic acids is 2. The van der Waals surface area contributed by atoms with E-state index in [4.69, 9.17) is 18.9 Å². The van der Waals surface area contributed by atoms with Crippen molar-refractivity contribution < 1.29 is 28.5 Å². The van der Waals surface area contributed by atoms with Crippen molar-refractivity contribution in [1.29, 1.82) is 0 Å². The fourth-order valence-electron chi connectivity index (χ4n) is 2.38. The van der Waals surface area contributed by atoms with Crippen LogP contribution in [-0.2, 0) is 23.7 Å². The van der Waals surface area contributed by atoms with Gasteiger partial charge in [0.1, 0.15) is 6.61 Å². The zero-order valence-electron chi connectivity index (χ0n) is 14.2. The summed E-state index contributed by atoms with van der Waals surface area (Å²) in [6.45, 7) is 8.23. The van der Waals surface area contributed by atoms with Gasteiger partial charge in [-0.25, -0.2) is 4.79 Å². The van der Waals surface area contributed by atoms with Gasteiger partial charge in [-0.2, -0.15) is 0 Å². The Bertz CT molecular complexity index is 368. The van der Waals surface area contributed by atoms with Crippen molar-refractivity contribution in [3.8, 4) is 0 Å². The summed E-state index contributed by atoms with van der Waals surface area (Å²) in [7, 11) is 1.37. The highest BCUT2D eigenvalue weighted by Gasteiger charge is 2.35. The molecule has 0 aromatic rings. The standard InChI is InChI=1S/C16H28O6/c1-10(2)8-20-16(18)21-9-14-11(3)6-7-13(22-14)12(4)15(17)19-5/h10-14H,6-9H2,1-5H3/t11-,12+,13-,14+/m0/s1. The molecule has 0 amide bonds. The van der Waals surface area contributed by atoms with Crippen LogP contribution in [0.4, 0.5) is 4.79 Å². The zero-order valence-corrected chi connectivity index (χ0v) is 14.2. The van der Waals surface area contributed by atoms with E-state index in [1.807, 2.05) is 20.8 Å². The number of hydrogen-bond acceptors (Lipinski definition) is 6. The molecule has 0 spiro atoms. The van der Waals surface area contributed by atoms with E-state index in [1.165, 1.54) is 7.11 Å². The third-order valence-electron chi connectivity index (χ3n) is 3.92. The predicted octanol–water partition coefficient (Wildman–Crippen LogP) is 2.79. The summed E-state index contributed by atoms with van der Waals surface area (Å²) < 4.78 is 20.8. The van der Waals surface area contributed by atoms with Gasteiger partial charge < -0.3 is 18.9 Å². The molecule has 22 heavy (non-hydrogen) atoms. The smallest absolute Gasteiger partial charge is 0.469 e. The van der Waals surface area contributed by atoms with Crippen molar-refractivity contribution in [3.63, 3.8) is 0 Å². The summed E-state index contributed by atoms with van der Waals surface area (Å²) in [5.41, 5.74) is 0. The summed E-state index contributed by atoms with van der Waals surface area (Å²) in [6, 6.07) is 0. The molecule has 6 heteroatoms. The molecule has 1 aliphatic heterocycles. The zero-order chi connectivity index (χ0) is 16.7. The van der Waals surface area contributed by atoms with E-state index in [0.717, 1.165) is 12.8 Å². The SMILES string of the molecule is COC(=O)[C@H](C)[C@@H]1CC[C@H](C)[C@@H](COC(=O)OCC(C)C)O1. The molecule has 1 fully saturated rings. The number of ether oxygens (including phenoxy) is 4. The van der Waals surface area contributed by atoms with Gasteiger partial charge in [-0.1, -0.05) is 20.8 Å². The number of methoxy groups -OCH3 is 1. The lowest BCUT2D eigenvalue weighted by Gasteiger charge is -2.36. The van der Waals surface area contributed by atoms with Crippen molar-refractivity contribution in [3.05, 3.63) is 0 Å². The molecule has 0 aliphatic carbocycles. The normalized spacial score (nSPS) is 26.4. The third-order valence-corrected chi connectivity index (χ3v) is 3.92. The minimum atomic E-state index is -0.673. The lowest BCUT2D eigenvalue weighted by atomic mass is 9.89. The maximum atomic E-state index is 11.6. The molecule has 0 saturated carbocycles. The van der Waals surface area contributed by atoms with Crippen LogP contribution in [0.3, 0.4) is 0 Å². The van der Waals surface area contributed by atoms with Gasteiger partial charge in [0.05, 0.1) is 31.8 Å². The summed E-state index contributed by atoms with van der Waals surface area (Å²) in [6.07, 6.45) is 0.612. The summed E-state index contributed by atoms with van der Waals surface area (Å²) >= 11 is 0. The Kier molecular flexibility index (Phi) is 7.65. The van der Waals surface area contributed by atoms with Crippen molar-refractivity contribution in [2.24, 2.45) is 17.8 Å². The maximum Gasteiger partial charge on any atom is 0.508 e. The van der Waals surface area contributed by atoms with E-state index < -0.39 is 6.16 Å². The van der Waals surface area contributed by atoms with Crippen LogP contribution >= 0.6 is 0 Å². The monoisotopic (exact) mass is 316 g/mol. The number of rotatable bonds is 6. The van der Waals surface area contributed by atoms with Crippen LogP contribution in [0.5, 0.6) is 0 Å². The molecular formula is C16H28O6. The first-order chi connectivity index (χ1) is 10.3. The molecule has 1 heterocycles. The van der Waals surface area contributed by atoms with Crippen LogP contribution < -0.4 is 0 Å². The molecule has 1 rings (SSSR count). The van der Waals surface area contributed by atoms with Crippen molar-refractivity contribution >= 4 is 12.1 Å². The molecule has 0 N–H and O–H groups in total. The van der Waals surface area contributed by atoms with E-state index in [2.05, 4.69) is 0 Å². The Balaban J connectivity index is 2.44. The van der Waals surface area contributed by atoms with E-state index in [0.29, 0.717) is 6.61 Å². The highest BCUT2D eigenvalue weighted by Crippen LogP contribution is 2.29. The fraction of sp³-hybridized carbons (Fsp3) is 0.875. The molecule has 0 unspecified atom stereocenters. The van der Waals surface area contributed by atoms with Gasteiger partial charge in [-0.3, -0.25) is 4.79 Å². The van der Waals surface area contributed by atoms with Gasteiger partial charge in [0.25, 0.3) is 0 Å². The Hall–Kier alpha value is -1.30. The van der Waals surface area contributed by atoms with Gasteiger partial charge in [0.15, 0.2) is 0 Å². The second kappa shape index (κ2) is 8.98. The molecule has 0 bridgehead atoms. The lowest BCUT2D eigenvalue weighted by Crippen LogP contribution is -2.42. The van der Waals surface area contributed by atoms with Crippen LogP contribution in [0.2, 0.25) is 0 Å². The third kappa shape index (κ3) is 5.83. The van der Waals surface area contributed by atoms with Gasteiger partial charge in [0.2, 0.25) is 0 Å². The topological polar surface area (TPSA) is 71.1 Å². The first-order valence-electron chi connectivity index (χ1n) is 7.88. The second-order valence-electron chi connectivity index (χ2n) is 6.35. The number of hydrogen-bond donors (Lipinski definition) is 0. The van der Waals surface area contributed by atoms with Gasteiger partial charge in [0, 0.05) is 0 Å². The Labute approximate surface area is 132 Å². The Morgan fingerprint density at radius 1 is 1.18 bits per heavy atom. The second-order valence-corrected chi connectivity index (χ2v) is 6.35. The van der Waals surface area contributed by atoms with Crippen LogP contribution in [0, 0.1) is 17.8 Å². The summed E-state index contributed by atoms with van der Waals surface area (Å²) in [5, 5.41) is 0. The molecule has 1 saturated heterocycles. The highest BCUT2D eigenvalue weighted by atomic mass is 16.7. The predicted molar refractivity (Wildman–Crippen MR) is 80.4 cm³/mol. The average molecular weight is 316 g/mol. The van der Waals surface area contributed by atoms with Crippen LogP contribution in [0.1, 0.15) is 40.5 Å². The fourth-order valence-corrected chi connectivity index (χ4v) is 2.38. The molecule has 0 aromatic carbocycles. The quantitative estimate of drug-likeness (QED) is 0.702. The minimum absolute atomic E-state index is 0.141. The molecule has 0 aromatic heterocycles. The summed E-state index contributed by atoms with van der Waals surface area (Å²) in [4.78, 5) is 23.1.